The van der Waals surface area contributed by atoms with Gasteiger partial charge in [-0.3, -0.25) is 0 Å². The summed E-state index contributed by atoms with van der Waals surface area (Å²) in [6.07, 6.45) is 0. The average Bonchev–Trinajstić information content (AvgIpc) is 2.99. The van der Waals surface area contributed by atoms with Gasteiger partial charge >= 0.3 is 0 Å². The molecule has 0 aliphatic carbocycles. The fourth-order valence-corrected chi connectivity index (χ4v) is 19.0. The van der Waals surface area contributed by atoms with Crippen molar-refractivity contribution in [2.75, 3.05) is 0 Å². The molecule has 0 aromatic heterocycles. The first-order valence-electron chi connectivity index (χ1n) is 19.1. The molecule has 0 aliphatic rings. The van der Waals surface area contributed by atoms with E-state index >= 15 is 0 Å². The Morgan fingerprint density at radius 3 is 0.667 bits per heavy atom. The molecule has 3 rings (SSSR count). The predicted molar refractivity (Wildman–Crippen MR) is 222 cm³/mol. The van der Waals surface area contributed by atoms with Crippen LogP contribution in [-0.2, 0) is 0 Å². The molecule has 3 heteroatoms. The highest BCUT2D eigenvalue weighted by atomic mass is 35.6. The standard InChI is InChI=1S/C45H69ClSi2/c1-25(2)34-19-37(28(7)8)43(38(20-34)29(9)10)47(44-39(30(11)12)21-35(26(3)4)22-40(44)31(13)14)48(46)45-41(32(15)16)23-36(27(5)6)24-42(45)33(17)18/h19-33H,1-18H3. The van der Waals surface area contributed by atoms with Crippen molar-refractivity contribution in [1.82, 2.24) is 0 Å². The minimum absolute atomic E-state index is 0.410. The van der Waals surface area contributed by atoms with Gasteiger partial charge in [-0.05, 0) is 119 Å². The van der Waals surface area contributed by atoms with Gasteiger partial charge in [0.15, 0.2) is 0 Å². The quantitative estimate of drug-likeness (QED) is 0.130. The summed E-state index contributed by atoms with van der Waals surface area (Å²) in [5.74, 6) is 3.94. The third kappa shape index (κ3) is 8.63. The Bertz CT molecular complexity index is 1450. The van der Waals surface area contributed by atoms with Crippen LogP contribution in [0.2, 0.25) is 0 Å². The van der Waals surface area contributed by atoms with Crippen LogP contribution in [0, 0.1) is 0 Å². The lowest BCUT2D eigenvalue weighted by Crippen LogP contribution is -2.51. The van der Waals surface area contributed by atoms with Crippen LogP contribution in [0.15, 0.2) is 36.4 Å². The van der Waals surface area contributed by atoms with Gasteiger partial charge in [-0.2, -0.15) is 0 Å². The topological polar surface area (TPSA) is 0 Å². The summed E-state index contributed by atoms with van der Waals surface area (Å²) in [6.45, 7) is 43.0. The van der Waals surface area contributed by atoms with Crippen LogP contribution in [0.5, 0.6) is 0 Å². The van der Waals surface area contributed by atoms with Gasteiger partial charge in [-0.25, -0.2) is 0 Å². The van der Waals surface area contributed by atoms with Gasteiger partial charge < -0.3 is 0 Å². The smallest absolute Gasteiger partial charge is 0.138 e. The maximum Gasteiger partial charge on any atom is 0.144 e. The van der Waals surface area contributed by atoms with E-state index in [1.165, 1.54) is 55.3 Å². The summed E-state index contributed by atoms with van der Waals surface area (Å²) in [6, 6.07) is 15.4. The Morgan fingerprint density at radius 2 is 0.500 bits per heavy atom. The molecule has 264 valence electrons. The molecule has 0 saturated carbocycles. The summed E-state index contributed by atoms with van der Waals surface area (Å²) in [5.41, 5.74) is 13.5. The highest BCUT2D eigenvalue weighted by Crippen LogP contribution is 2.31. The molecule has 0 aliphatic heterocycles. The van der Waals surface area contributed by atoms with Gasteiger partial charge in [0.25, 0.3) is 0 Å². The van der Waals surface area contributed by atoms with Crippen LogP contribution in [0.25, 0.3) is 0 Å². The van der Waals surface area contributed by atoms with Gasteiger partial charge in [-0.15, -0.1) is 11.1 Å². The van der Waals surface area contributed by atoms with E-state index in [0.29, 0.717) is 53.3 Å². The maximum absolute atomic E-state index is 8.53. The Balaban J connectivity index is 2.89. The van der Waals surface area contributed by atoms with Crippen molar-refractivity contribution in [2.45, 2.75) is 178 Å². The minimum Gasteiger partial charge on any atom is -0.138 e. The van der Waals surface area contributed by atoms with Crippen molar-refractivity contribution in [1.29, 1.82) is 0 Å². The summed E-state index contributed by atoms with van der Waals surface area (Å²) in [5, 5.41) is 4.76. The normalized spacial score (nSPS) is 12.5. The van der Waals surface area contributed by atoms with Crippen LogP contribution < -0.4 is 15.6 Å². The van der Waals surface area contributed by atoms with E-state index in [1.807, 2.05) is 0 Å². The highest BCUT2D eigenvalue weighted by molar-refractivity contribution is 7.34. The molecule has 0 N–H and O–H groups in total. The Labute approximate surface area is 304 Å². The zero-order valence-corrected chi connectivity index (χ0v) is 36.8. The molecule has 0 radical (unpaired) electrons. The van der Waals surface area contributed by atoms with Gasteiger partial charge in [-0.1, -0.05) is 161 Å². The van der Waals surface area contributed by atoms with E-state index in [9.17, 15) is 0 Å². The summed E-state index contributed by atoms with van der Waals surface area (Å²) < 4.78 is 0. The number of halogens is 1. The molecule has 0 saturated heterocycles. The third-order valence-electron chi connectivity index (χ3n) is 10.3. The van der Waals surface area contributed by atoms with Crippen molar-refractivity contribution in [3.05, 3.63) is 86.5 Å². The van der Waals surface area contributed by atoms with Crippen molar-refractivity contribution in [3.63, 3.8) is 0 Å². The van der Waals surface area contributed by atoms with Crippen LogP contribution in [-0.4, -0.2) is 15.1 Å². The molecule has 0 fully saturated rings. The predicted octanol–water partition coefficient (Wildman–Crippen LogP) is 12.6. The van der Waals surface area contributed by atoms with Crippen LogP contribution in [0.1, 0.15) is 228 Å². The van der Waals surface area contributed by atoms with Crippen molar-refractivity contribution < 1.29 is 0 Å². The molecule has 0 bridgehead atoms. The van der Waals surface area contributed by atoms with E-state index in [2.05, 4.69) is 161 Å². The van der Waals surface area contributed by atoms with Gasteiger partial charge in [0.2, 0.25) is 0 Å². The molecule has 0 heterocycles. The average molecular weight is 702 g/mol. The van der Waals surface area contributed by atoms with Gasteiger partial charge in [0.05, 0.1) is 7.89 Å². The fourth-order valence-electron chi connectivity index (χ4n) is 7.17. The first-order valence-corrected chi connectivity index (χ1v) is 24.2. The molecule has 48 heavy (non-hydrogen) atoms. The van der Waals surface area contributed by atoms with Crippen LogP contribution in [0.3, 0.4) is 0 Å². The number of benzene rings is 3. The Kier molecular flexibility index (Phi) is 14.1. The van der Waals surface area contributed by atoms with Crippen LogP contribution in [0.4, 0.5) is 0 Å². The second-order valence-corrected chi connectivity index (χ2v) is 25.3. The first-order chi connectivity index (χ1) is 22.2. The van der Waals surface area contributed by atoms with Crippen LogP contribution >= 0.6 is 11.1 Å². The highest BCUT2D eigenvalue weighted by Gasteiger charge is 2.32. The lowest BCUT2D eigenvalue weighted by molar-refractivity contribution is 0.810. The summed E-state index contributed by atoms with van der Waals surface area (Å²) in [7, 11) is -3.10. The minimum atomic E-state index is -1.61. The summed E-state index contributed by atoms with van der Waals surface area (Å²) >= 11 is 8.53. The van der Waals surface area contributed by atoms with Crippen molar-refractivity contribution >= 4 is 41.7 Å². The lowest BCUT2D eigenvalue weighted by atomic mass is 9.89. The van der Waals surface area contributed by atoms with E-state index < -0.39 is 15.1 Å². The molecule has 0 atom stereocenters. The molecule has 3 aromatic rings. The van der Waals surface area contributed by atoms with E-state index in [4.69, 9.17) is 11.1 Å². The van der Waals surface area contributed by atoms with E-state index in [1.54, 1.807) is 10.4 Å². The fraction of sp³-hybridized carbons (Fsp3) is 0.600. The zero-order chi connectivity index (χ0) is 36.5. The lowest BCUT2D eigenvalue weighted by Gasteiger charge is -2.31. The van der Waals surface area contributed by atoms with Crippen molar-refractivity contribution in [3.8, 4) is 0 Å². The third-order valence-corrected chi connectivity index (χ3v) is 19.8. The molecular formula is C45H69ClSi2. The SMILES string of the molecule is CC(C)c1cc(C(C)C)c([Si](Cl)=[Si](c2c(C(C)C)cc(C(C)C)cc2C(C)C)c2c(C(C)C)cc(C(C)C)cc2C(C)C)c(C(C)C)c1. The maximum atomic E-state index is 8.53. The first kappa shape index (κ1) is 40.8. The number of hydrogen-bond acceptors (Lipinski definition) is 0. The van der Waals surface area contributed by atoms with Gasteiger partial charge in [0.1, 0.15) is 7.20 Å². The summed E-state index contributed by atoms with van der Waals surface area (Å²) in [4.78, 5) is 0. The van der Waals surface area contributed by atoms with E-state index in [0.717, 1.165) is 0 Å². The van der Waals surface area contributed by atoms with Crippen molar-refractivity contribution in [2.24, 2.45) is 0 Å². The monoisotopic (exact) mass is 700 g/mol. The molecule has 0 unspecified atom stereocenters. The Hall–Kier alpha value is -1.62. The van der Waals surface area contributed by atoms with E-state index in [-0.39, 0.29) is 0 Å². The largest absolute Gasteiger partial charge is 0.144 e. The molecule has 0 amide bonds. The molecule has 3 aromatic carbocycles. The second kappa shape index (κ2) is 16.6. The molecule has 0 nitrogen and oxygen atoms in total. The Morgan fingerprint density at radius 1 is 0.312 bits per heavy atom. The van der Waals surface area contributed by atoms with Gasteiger partial charge in [0, 0.05) is 0 Å². The number of rotatable bonds is 12. The molecular weight excluding hydrogens is 632 g/mol. The second-order valence-electron chi connectivity index (χ2n) is 17.3. The zero-order valence-electron chi connectivity index (χ0n) is 34.0. The number of hydrogen-bond donors (Lipinski definition) is 0. The molecule has 0 spiro atoms.